The van der Waals surface area contributed by atoms with Crippen molar-refractivity contribution in [1.82, 2.24) is 4.90 Å². The van der Waals surface area contributed by atoms with Gasteiger partial charge in [0.15, 0.2) is 0 Å². The third kappa shape index (κ3) is 4.52. The summed E-state index contributed by atoms with van der Waals surface area (Å²) in [7, 11) is 0. The van der Waals surface area contributed by atoms with Crippen LogP contribution in [0.3, 0.4) is 0 Å². The molecule has 2 N–H and O–H groups in total. The fourth-order valence-corrected chi connectivity index (χ4v) is 2.77. The van der Waals surface area contributed by atoms with Crippen molar-refractivity contribution in [3.8, 4) is 0 Å². The molecule has 0 aromatic heterocycles. The molecule has 2 nitrogen and oxygen atoms in total. The Kier molecular flexibility index (Phi) is 5.62. The van der Waals surface area contributed by atoms with Crippen molar-refractivity contribution in [3.63, 3.8) is 0 Å². The highest BCUT2D eigenvalue weighted by molar-refractivity contribution is 4.79. The summed E-state index contributed by atoms with van der Waals surface area (Å²) in [5.74, 6) is 1.71. The second-order valence-electron chi connectivity index (χ2n) is 5.51. The van der Waals surface area contributed by atoms with E-state index in [-0.39, 0.29) is 0 Å². The number of nitrogens with zero attached hydrogens (tertiary/aromatic N) is 1. The van der Waals surface area contributed by atoms with Crippen molar-refractivity contribution in [2.24, 2.45) is 17.6 Å². The minimum atomic E-state index is 0.810. The first kappa shape index (κ1) is 13.0. The van der Waals surface area contributed by atoms with Gasteiger partial charge < -0.3 is 10.6 Å². The molecule has 0 radical (unpaired) electrons. The third-order valence-corrected chi connectivity index (χ3v) is 3.71. The minimum absolute atomic E-state index is 0.810. The summed E-state index contributed by atoms with van der Waals surface area (Å²) in [6.45, 7) is 10.5. The molecule has 1 aliphatic heterocycles. The SMILES string of the molecule is CC(CCN)CCCN1CC(C)CC1C. The highest BCUT2D eigenvalue weighted by atomic mass is 15.2. The first-order valence-electron chi connectivity index (χ1n) is 6.57. The molecule has 1 saturated heterocycles. The Morgan fingerprint density at radius 2 is 2.07 bits per heavy atom. The highest BCUT2D eigenvalue weighted by Gasteiger charge is 2.25. The van der Waals surface area contributed by atoms with E-state index < -0.39 is 0 Å². The molecule has 90 valence electrons. The third-order valence-electron chi connectivity index (χ3n) is 3.71. The van der Waals surface area contributed by atoms with E-state index in [1.807, 2.05) is 0 Å². The summed E-state index contributed by atoms with van der Waals surface area (Å²) in [4.78, 5) is 2.65. The van der Waals surface area contributed by atoms with Gasteiger partial charge in [0, 0.05) is 12.6 Å². The zero-order chi connectivity index (χ0) is 11.3. The van der Waals surface area contributed by atoms with E-state index >= 15 is 0 Å². The quantitative estimate of drug-likeness (QED) is 0.733. The smallest absolute Gasteiger partial charge is 0.00700 e. The molecule has 0 spiro atoms. The summed E-state index contributed by atoms with van der Waals surface area (Å²) < 4.78 is 0. The van der Waals surface area contributed by atoms with E-state index in [1.165, 1.54) is 38.8 Å². The number of likely N-dealkylation sites (tertiary alicyclic amines) is 1. The molecule has 0 bridgehead atoms. The summed E-state index contributed by atoms with van der Waals surface area (Å²) >= 11 is 0. The lowest BCUT2D eigenvalue weighted by Gasteiger charge is -2.21. The number of hydrogen-bond donors (Lipinski definition) is 1. The van der Waals surface area contributed by atoms with Crippen LogP contribution in [-0.4, -0.2) is 30.6 Å². The van der Waals surface area contributed by atoms with Crippen LogP contribution in [0.2, 0.25) is 0 Å². The number of rotatable bonds is 6. The van der Waals surface area contributed by atoms with Gasteiger partial charge in [0.2, 0.25) is 0 Å². The predicted molar refractivity (Wildman–Crippen MR) is 66.9 cm³/mol. The van der Waals surface area contributed by atoms with Crippen LogP contribution in [0.15, 0.2) is 0 Å². The van der Waals surface area contributed by atoms with Gasteiger partial charge in [-0.05, 0) is 57.5 Å². The van der Waals surface area contributed by atoms with Gasteiger partial charge in [0.05, 0.1) is 0 Å². The van der Waals surface area contributed by atoms with E-state index in [9.17, 15) is 0 Å². The van der Waals surface area contributed by atoms with Gasteiger partial charge in [-0.3, -0.25) is 0 Å². The van der Waals surface area contributed by atoms with Crippen LogP contribution in [-0.2, 0) is 0 Å². The van der Waals surface area contributed by atoms with Crippen molar-refractivity contribution >= 4 is 0 Å². The van der Waals surface area contributed by atoms with Crippen LogP contribution >= 0.6 is 0 Å². The van der Waals surface area contributed by atoms with E-state index in [1.54, 1.807) is 0 Å². The lowest BCUT2D eigenvalue weighted by Crippen LogP contribution is -2.28. The molecule has 1 aliphatic rings. The Labute approximate surface area is 95.2 Å². The largest absolute Gasteiger partial charge is 0.330 e. The summed E-state index contributed by atoms with van der Waals surface area (Å²) in [5, 5.41) is 0. The van der Waals surface area contributed by atoms with Crippen molar-refractivity contribution < 1.29 is 0 Å². The normalized spacial score (nSPS) is 29.6. The average Bonchev–Trinajstić information content (AvgIpc) is 2.46. The van der Waals surface area contributed by atoms with Gasteiger partial charge in [-0.2, -0.15) is 0 Å². The second-order valence-corrected chi connectivity index (χ2v) is 5.51. The molecule has 3 unspecified atom stereocenters. The topological polar surface area (TPSA) is 29.3 Å². The van der Waals surface area contributed by atoms with Crippen molar-refractivity contribution in [3.05, 3.63) is 0 Å². The number of nitrogens with two attached hydrogens (primary N) is 1. The first-order valence-corrected chi connectivity index (χ1v) is 6.57. The number of hydrogen-bond acceptors (Lipinski definition) is 2. The molecule has 1 rings (SSSR count). The van der Waals surface area contributed by atoms with E-state index in [2.05, 4.69) is 25.7 Å². The Morgan fingerprint density at radius 3 is 2.60 bits per heavy atom. The Balaban J connectivity index is 2.09. The van der Waals surface area contributed by atoms with Crippen LogP contribution in [0, 0.1) is 11.8 Å². The van der Waals surface area contributed by atoms with Crippen LogP contribution in [0.25, 0.3) is 0 Å². The molecule has 0 aliphatic carbocycles. The molecule has 1 fully saturated rings. The van der Waals surface area contributed by atoms with Crippen LogP contribution < -0.4 is 5.73 Å². The van der Waals surface area contributed by atoms with Crippen LogP contribution in [0.5, 0.6) is 0 Å². The lowest BCUT2D eigenvalue weighted by atomic mass is 10.0. The van der Waals surface area contributed by atoms with Gasteiger partial charge in [-0.1, -0.05) is 13.8 Å². The molecule has 0 amide bonds. The van der Waals surface area contributed by atoms with Gasteiger partial charge in [-0.25, -0.2) is 0 Å². The van der Waals surface area contributed by atoms with Crippen molar-refractivity contribution in [2.75, 3.05) is 19.6 Å². The maximum atomic E-state index is 5.55. The zero-order valence-electron chi connectivity index (χ0n) is 10.7. The Bertz CT molecular complexity index is 170. The molecule has 2 heteroatoms. The van der Waals surface area contributed by atoms with Gasteiger partial charge in [0.25, 0.3) is 0 Å². The molecule has 15 heavy (non-hydrogen) atoms. The van der Waals surface area contributed by atoms with Gasteiger partial charge >= 0.3 is 0 Å². The van der Waals surface area contributed by atoms with Gasteiger partial charge in [0.1, 0.15) is 0 Å². The molecule has 0 aromatic rings. The molecule has 3 atom stereocenters. The zero-order valence-corrected chi connectivity index (χ0v) is 10.7. The van der Waals surface area contributed by atoms with Gasteiger partial charge in [-0.15, -0.1) is 0 Å². The van der Waals surface area contributed by atoms with E-state index in [0.29, 0.717) is 0 Å². The maximum absolute atomic E-state index is 5.55. The Hall–Kier alpha value is -0.0800. The van der Waals surface area contributed by atoms with Crippen LogP contribution in [0.1, 0.15) is 46.5 Å². The lowest BCUT2D eigenvalue weighted by molar-refractivity contribution is 0.252. The Morgan fingerprint density at radius 1 is 1.33 bits per heavy atom. The second kappa shape index (κ2) is 6.49. The highest BCUT2D eigenvalue weighted by Crippen LogP contribution is 2.23. The minimum Gasteiger partial charge on any atom is -0.330 e. The van der Waals surface area contributed by atoms with Crippen molar-refractivity contribution in [2.45, 2.75) is 52.5 Å². The fraction of sp³-hybridized carbons (Fsp3) is 1.00. The fourth-order valence-electron chi connectivity index (χ4n) is 2.77. The maximum Gasteiger partial charge on any atom is 0.00700 e. The standard InChI is InChI=1S/C13H28N2/c1-11(6-7-14)5-4-8-15-10-12(2)9-13(15)3/h11-13H,4-10,14H2,1-3H3. The molecule has 0 saturated carbocycles. The first-order chi connectivity index (χ1) is 7.13. The van der Waals surface area contributed by atoms with Crippen molar-refractivity contribution in [1.29, 1.82) is 0 Å². The molecular formula is C13H28N2. The molecule has 0 aromatic carbocycles. The van der Waals surface area contributed by atoms with E-state index in [0.717, 1.165) is 24.4 Å². The summed E-state index contributed by atoms with van der Waals surface area (Å²) in [6, 6.07) is 0.810. The van der Waals surface area contributed by atoms with Crippen LogP contribution in [0.4, 0.5) is 0 Å². The molecule has 1 heterocycles. The van der Waals surface area contributed by atoms with E-state index in [4.69, 9.17) is 5.73 Å². The monoisotopic (exact) mass is 212 g/mol. The predicted octanol–water partition coefficient (Wildman–Crippen LogP) is 2.48. The summed E-state index contributed by atoms with van der Waals surface area (Å²) in [5.41, 5.74) is 5.55. The average molecular weight is 212 g/mol. The molecular weight excluding hydrogens is 184 g/mol. The summed E-state index contributed by atoms with van der Waals surface area (Å²) in [6.07, 6.45) is 5.26.